The van der Waals surface area contributed by atoms with Crippen molar-refractivity contribution in [1.29, 1.82) is 0 Å². The van der Waals surface area contributed by atoms with Gasteiger partial charge in [-0.3, -0.25) is 9.36 Å². The van der Waals surface area contributed by atoms with Crippen molar-refractivity contribution in [3.8, 4) is 28.6 Å². The molecule has 1 N–H and O–H groups in total. The van der Waals surface area contributed by atoms with Crippen molar-refractivity contribution >= 4 is 35.0 Å². The van der Waals surface area contributed by atoms with Crippen LogP contribution >= 0.6 is 23.4 Å². The van der Waals surface area contributed by atoms with Gasteiger partial charge in [-0.25, -0.2) is 0 Å². The second kappa shape index (κ2) is 10.4. The van der Waals surface area contributed by atoms with Crippen LogP contribution in [0.15, 0.2) is 78.0 Å². The summed E-state index contributed by atoms with van der Waals surface area (Å²) in [5.41, 5.74) is 2.21. The number of hydrogen-bond donors (Lipinski definition) is 1. The molecule has 0 radical (unpaired) electrons. The molecule has 168 valence electrons. The van der Waals surface area contributed by atoms with Crippen molar-refractivity contribution in [1.82, 2.24) is 14.8 Å². The molecule has 0 spiro atoms. The minimum atomic E-state index is -0.186. The van der Waals surface area contributed by atoms with Gasteiger partial charge in [0.2, 0.25) is 5.91 Å². The van der Waals surface area contributed by atoms with E-state index in [1.165, 1.54) is 11.8 Å². The third-order valence-corrected chi connectivity index (χ3v) is 5.96. The number of aromatic nitrogens is 3. The van der Waals surface area contributed by atoms with Crippen molar-refractivity contribution < 1.29 is 14.3 Å². The molecule has 4 aromatic rings. The number of rotatable bonds is 8. The maximum absolute atomic E-state index is 12.6. The molecule has 0 aliphatic heterocycles. The number of halogens is 1. The molecule has 0 aliphatic carbocycles. The lowest BCUT2D eigenvalue weighted by atomic mass is 10.2. The summed E-state index contributed by atoms with van der Waals surface area (Å²) < 4.78 is 12.7. The summed E-state index contributed by atoms with van der Waals surface area (Å²) in [6.45, 7) is 0. The van der Waals surface area contributed by atoms with Crippen molar-refractivity contribution in [3.63, 3.8) is 0 Å². The summed E-state index contributed by atoms with van der Waals surface area (Å²) in [4.78, 5) is 12.6. The van der Waals surface area contributed by atoms with Gasteiger partial charge in [-0.15, -0.1) is 10.2 Å². The number of nitrogens with zero attached hydrogens (tertiary/aromatic N) is 3. The lowest BCUT2D eigenvalue weighted by Gasteiger charge is -2.13. The second-order valence-corrected chi connectivity index (χ2v) is 8.23. The second-order valence-electron chi connectivity index (χ2n) is 6.86. The van der Waals surface area contributed by atoms with E-state index in [1.54, 1.807) is 38.5 Å². The van der Waals surface area contributed by atoms with E-state index < -0.39 is 0 Å². The van der Waals surface area contributed by atoms with Gasteiger partial charge in [0, 0.05) is 10.7 Å². The monoisotopic (exact) mass is 480 g/mol. The van der Waals surface area contributed by atoms with Crippen LogP contribution in [-0.4, -0.2) is 40.6 Å². The Morgan fingerprint density at radius 2 is 1.61 bits per heavy atom. The Hall–Kier alpha value is -3.49. The lowest BCUT2D eigenvalue weighted by Crippen LogP contribution is -2.15. The van der Waals surface area contributed by atoms with E-state index in [4.69, 9.17) is 21.1 Å². The summed E-state index contributed by atoms with van der Waals surface area (Å²) >= 11 is 7.37. The predicted octanol–water partition coefficient (Wildman–Crippen LogP) is 5.34. The Kier molecular flexibility index (Phi) is 7.16. The van der Waals surface area contributed by atoms with Crippen LogP contribution in [0.3, 0.4) is 0 Å². The predicted molar refractivity (Wildman–Crippen MR) is 131 cm³/mol. The first-order valence-corrected chi connectivity index (χ1v) is 11.4. The largest absolute Gasteiger partial charge is 0.496 e. The van der Waals surface area contributed by atoms with Crippen LogP contribution in [0.5, 0.6) is 11.5 Å². The topological polar surface area (TPSA) is 78.3 Å². The number of ether oxygens (including phenoxy) is 2. The van der Waals surface area contributed by atoms with Gasteiger partial charge in [0.25, 0.3) is 0 Å². The molecule has 1 amide bonds. The first-order chi connectivity index (χ1) is 16.1. The van der Waals surface area contributed by atoms with E-state index in [1.807, 2.05) is 53.1 Å². The van der Waals surface area contributed by atoms with E-state index in [9.17, 15) is 4.79 Å². The standard InChI is InChI=1S/C24H21ClN4O3S/c1-31-20-9-5-3-7-18(20)23-27-28-24(29(23)17-13-11-16(25)12-14-17)33-15-22(30)26-19-8-4-6-10-21(19)32-2/h3-14H,15H2,1-2H3,(H,26,30). The van der Waals surface area contributed by atoms with Crippen molar-refractivity contribution in [2.24, 2.45) is 0 Å². The number of carbonyl (C=O) groups excluding carboxylic acids is 1. The zero-order chi connectivity index (χ0) is 23.2. The molecule has 0 fully saturated rings. The Morgan fingerprint density at radius 1 is 0.939 bits per heavy atom. The molecule has 0 aliphatic rings. The molecule has 1 aromatic heterocycles. The SMILES string of the molecule is COc1ccccc1NC(=O)CSc1nnc(-c2ccccc2OC)n1-c1ccc(Cl)cc1. The number of para-hydroxylation sites is 3. The van der Waals surface area contributed by atoms with Crippen LogP contribution in [0.2, 0.25) is 5.02 Å². The molecule has 0 unspecified atom stereocenters. The fraction of sp³-hybridized carbons (Fsp3) is 0.125. The molecular formula is C24H21ClN4O3S. The van der Waals surface area contributed by atoms with Gasteiger partial charge in [-0.05, 0) is 48.5 Å². The summed E-state index contributed by atoms with van der Waals surface area (Å²) in [6.07, 6.45) is 0. The van der Waals surface area contributed by atoms with Crippen LogP contribution in [-0.2, 0) is 4.79 Å². The summed E-state index contributed by atoms with van der Waals surface area (Å²) in [5, 5.41) is 12.8. The van der Waals surface area contributed by atoms with Gasteiger partial charge in [0.1, 0.15) is 11.5 Å². The van der Waals surface area contributed by atoms with Crippen molar-refractivity contribution in [3.05, 3.63) is 77.8 Å². The summed E-state index contributed by atoms with van der Waals surface area (Å²) in [5.74, 6) is 1.82. The number of thioether (sulfide) groups is 1. The maximum Gasteiger partial charge on any atom is 0.234 e. The Labute approximate surface area is 200 Å². The molecule has 9 heteroatoms. The fourth-order valence-corrected chi connectivity index (χ4v) is 4.13. The molecule has 33 heavy (non-hydrogen) atoms. The van der Waals surface area contributed by atoms with Gasteiger partial charge in [0.05, 0.1) is 31.2 Å². The highest BCUT2D eigenvalue weighted by Gasteiger charge is 2.20. The Morgan fingerprint density at radius 3 is 2.33 bits per heavy atom. The lowest BCUT2D eigenvalue weighted by molar-refractivity contribution is -0.113. The van der Waals surface area contributed by atoms with E-state index in [2.05, 4.69) is 15.5 Å². The van der Waals surface area contributed by atoms with Gasteiger partial charge < -0.3 is 14.8 Å². The van der Waals surface area contributed by atoms with Crippen LogP contribution in [0.25, 0.3) is 17.1 Å². The van der Waals surface area contributed by atoms with E-state index in [-0.39, 0.29) is 11.7 Å². The van der Waals surface area contributed by atoms with Crippen LogP contribution in [0.4, 0.5) is 5.69 Å². The number of methoxy groups -OCH3 is 2. The first-order valence-electron chi connectivity index (χ1n) is 10.0. The van der Waals surface area contributed by atoms with Crippen LogP contribution < -0.4 is 14.8 Å². The highest BCUT2D eigenvalue weighted by molar-refractivity contribution is 7.99. The minimum Gasteiger partial charge on any atom is -0.496 e. The molecule has 0 saturated heterocycles. The van der Waals surface area contributed by atoms with E-state index >= 15 is 0 Å². The van der Waals surface area contributed by atoms with E-state index in [0.29, 0.717) is 33.2 Å². The normalized spacial score (nSPS) is 10.6. The molecule has 0 bridgehead atoms. The van der Waals surface area contributed by atoms with Gasteiger partial charge >= 0.3 is 0 Å². The molecule has 4 rings (SSSR count). The zero-order valence-corrected chi connectivity index (χ0v) is 19.6. The number of amides is 1. The van der Waals surface area contributed by atoms with Crippen molar-refractivity contribution in [2.45, 2.75) is 5.16 Å². The fourth-order valence-electron chi connectivity index (χ4n) is 3.25. The first kappa shape index (κ1) is 22.7. The molecule has 0 saturated carbocycles. The quantitative estimate of drug-likeness (QED) is 0.343. The Balaban J connectivity index is 1.63. The summed E-state index contributed by atoms with van der Waals surface area (Å²) in [7, 11) is 3.17. The molecule has 7 nitrogen and oxygen atoms in total. The third kappa shape index (κ3) is 5.13. The minimum absolute atomic E-state index is 0.135. The van der Waals surface area contributed by atoms with Gasteiger partial charge in [-0.1, -0.05) is 47.6 Å². The van der Waals surface area contributed by atoms with Gasteiger partial charge in [0.15, 0.2) is 11.0 Å². The average molecular weight is 481 g/mol. The Bertz CT molecular complexity index is 1260. The number of anilines is 1. The number of carbonyl (C=O) groups is 1. The third-order valence-electron chi connectivity index (χ3n) is 4.78. The highest BCUT2D eigenvalue weighted by atomic mass is 35.5. The number of hydrogen-bond acceptors (Lipinski definition) is 6. The molecular weight excluding hydrogens is 460 g/mol. The van der Waals surface area contributed by atoms with E-state index in [0.717, 1.165) is 11.3 Å². The number of nitrogens with one attached hydrogen (secondary N) is 1. The van der Waals surface area contributed by atoms with Crippen molar-refractivity contribution in [2.75, 3.05) is 25.3 Å². The average Bonchev–Trinajstić information content (AvgIpc) is 3.27. The van der Waals surface area contributed by atoms with Crippen LogP contribution in [0, 0.1) is 0 Å². The zero-order valence-electron chi connectivity index (χ0n) is 18.0. The highest BCUT2D eigenvalue weighted by Crippen LogP contribution is 2.33. The van der Waals surface area contributed by atoms with Gasteiger partial charge in [-0.2, -0.15) is 0 Å². The number of benzene rings is 3. The smallest absolute Gasteiger partial charge is 0.234 e. The molecule has 3 aromatic carbocycles. The summed E-state index contributed by atoms with van der Waals surface area (Å²) in [6, 6.07) is 22.2. The molecule has 0 atom stereocenters. The van der Waals surface area contributed by atoms with Crippen LogP contribution in [0.1, 0.15) is 0 Å². The molecule has 1 heterocycles. The maximum atomic E-state index is 12.6.